The monoisotopic (exact) mass is 433 g/mol. The van der Waals surface area contributed by atoms with Gasteiger partial charge in [-0.1, -0.05) is 18.2 Å². The summed E-state index contributed by atoms with van der Waals surface area (Å²) in [7, 11) is 1.70. The minimum absolute atomic E-state index is 0.166. The Hall–Kier alpha value is -3.06. The molecule has 0 spiro atoms. The average Bonchev–Trinajstić information content (AvgIpc) is 3.26. The summed E-state index contributed by atoms with van der Waals surface area (Å²) in [5, 5.41) is 5.63. The van der Waals surface area contributed by atoms with Crippen LogP contribution in [0.2, 0.25) is 0 Å². The summed E-state index contributed by atoms with van der Waals surface area (Å²) in [5.41, 5.74) is 2.18. The van der Waals surface area contributed by atoms with Crippen molar-refractivity contribution in [1.82, 2.24) is 19.6 Å². The van der Waals surface area contributed by atoms with Crippen molar-refractivity contribution in [3.8, 4) is 5.75 Å². The number of amides is 1. The molecule has 1 aromatic heterocycles. The maximum atomic E-state index is 13.0. The van der Waals surface area contributed by atoms with Gasteiger partial charge in [-0.3, -0.25) is 14.4 Å². The number of piperazine rings is 1. The molecule has 3 heterocycles. The molecule has 0 aliphatic carbocycles. The number of likely N-dealkylation sites (tertiary alicyclic amines) is 1. The van der Waals surface area contributed by atoms with Gasteiger partial charge in [-0.25, -0.2) is 0 Å². The van der Waals surface area contributed by atoms with Crippen LogP contribution in [0.3, 0.4) is 0 Å². The van der Waals surface area contributed by atoms with Crippen molar-refractivity contribution in [2.45, 2.75) is 25.4 Å². The molecule has 2 aliphatic heterocycles. The molecular formula is C25H31N5O2. The number of carbonyl (C=O) groups is 1. The van der Waals surface area contributed by atoms with Crippen LogP contribution in [-0.4, -0.2) is 77.9 Å². The fourth-order valence-electron chi connectivity index (χ4n) is 4.95. The van der Waals surface area contributed by atoms with Crippen molar-refractivity contribution < 1.29 is 9.53 Å². The van der Waals surface area contributed by atoms with Crippen LogP contribution < -0.4 is 9.64 Å². The number of nitrogens with zero attached hydrogens (tertiary/aromatic N) is 5. The van der Waals surface area contributed by atoms with E-state index in [1.807, 2.05) is 47.5 Å². The summed E-state index contributed by atoms with van der Waals surface area (Å²) in [6.45, 7) is 6.07. The Labute approximate surface area is 189 Å². The molecule has 1 atom stereocenters. The highest BCUT2D eigenvalue weighted by atomic mass is 16.5. The van der Waals surface area contributed by atoms with Crippen molar-refractivity contribution in [3.63, 3.8) is 0 Å². The molecule has 2 aromatic carbocycles. The molecule has 0 saturated carbocycles. The van der Waals surface area contributed by atoms with Crippen molar-refractivity contribution in [2.75, 3.05) is 51.3 Å². The maximum Gasteiger partial charge on any atom is 0.244 e. The Morgan fingerprint density at radius 3 is 2.56 bits per heavy atom. The van der Waals surface area contributed by atoms with Crippen LogP contribution in [0.1, 0.15) is 12.8 Å². The van der Waals surface area contributed by atoms with Crippen molar-refractivity contribution in [1.29, 1.82) is 0 Å². The second-order valence-electron chi connectivity index (χ2n) is 8.74. The van der Waals surface area contributed by atoms with Gasteiger partial charge in [0.15, 0.2) is 0 Å². The SMILES string of the molecule is COc1ccc(N2CCN(C3CCCN(C(=O)Cn4cc5ccccc5n4)C3)CC2)cc1. The Morgan fingerprint density at radius 1 is 1.03 bits per heavy atom. The zero-order chi connectivity index (χ0) is 21.9. The van der Waals surface area contributed by atoms with Crippen LogP contribution in [0.4, 0.5) is 5.69 Å². The van der Waals surface area contributed by atoms with Gasteiger partial charge in [0, 0.05) is 62.6 Å². The quantitative estimate of drug-likeness (QED) is 0.619. The highest BCUT2D eigenvalue weighted by molar-refractivity contribution is 5.80. The lowest BCUT2D eigenvalue weighted by Gasteiger charge is -2.44. The molecule has 7 nitrogen and oxygen atoms in total. The van der Waals surface area contributed by atoms with Crippen LogP contribution in [0.15, 0.2) is 54.7 Å². The van der Waals surface area contributed by atoms with E-state index < -0.39 is 0 Å². The number of benzene rings is 2. The van der Waals surface area contributed by atoms with E-state index in [4.69, 9.17) is 4.74 Å². The van der Waals surface area contributed by atoms with Gasteiger partial charge >= 0.3 is 0 Å². The lowest BCUT2D eigenvalue weighted by molar-refractivity contribution is -0.134. The van der Waals surface area contributed by atoms with E-state index in [2.05, 4.69) is 27.0 Å². The Balaban J connectivity index is 1.15. The molecule has 1 unspecified atom stereocenters. The number of rotatable bonds is 5. The zero-order valence-electron chi connectivity index (χ0n) is 18.7. The van der Waals surface area contributed by atoms with Crippen molar-refractivity contribution in [3.05, 3.63) is 54.7 Å². The van der Waals surface area contributed by atoms with E-state index in [1.54, 1.807) is 11.8 Å². The number of hydrogen-bond donors (Lipinski definition) is 0. The lowest BCUT2D eigenvalue weighted by Crippen LogP contribution is -2.56. The predicted molar refractivity (Wildman–Crippen MR) is 126 cm³/mol. The first-order chi connectivity index (χ1) is 15.7. The highest BCUT2D eigenvalue weighted by Crippen LogP contribution is 2.23. The van der Waals surface area contributed by atoms with E-state index >= 15 is 0 Å². The molecule has 2 saturated heterocycles. The van der Waals surface area contributed by atoms with Gasteiger partial charge in [-0.05, 0) is 43.2 Å². The Bertz CT molecular complexity index is 1020. The summed E-state index contributed by atoms with van der Waals surface area (Å²) < 4.78 is 7.05. The van der Waals surface area contributed by atoms with E-state index in [1.165, 1.54) is 5.69 Å². The van der Waals surface area contributed by atoms with E-state index in [-0.39, 0.29) is 5.91 Å². The lowest BCUT2D eigenvalue weighted by atomic mass is 10.0. The minimum Gasteiger partial charge on any atom is -0.497 e. The third kappa shape index (κ3) is 4.43. The topological polar surface area (TPSA) is 53.8 Å². The highest BCUT2D eigenvalue weighted by Gasteiger charge is 2.30. The molecule has 2 aliphatic rings. The molecule has 0 bridgehead atoms. The summed E-state index contributed by atoms with van der Waals surface area (Å²) >= 11 is 0. The number of fused-ring (bicyclic) bond motifs is 1. The first-order valence-corrected chi connectivity index (χ1v) is 11.5. The van der Waals surface area contributed by atoms with Crippen LogP contribution in [0.25, 0.3) is 10.9 Å². The van der Waals surface area contributed by atoms with Crippen LogP contribution in [-0.2, 0) is 11.3 Å². The fourth-order valence-corrected chi connectivity index (χ4v) is 4.95. The van der Waals surface area contributed by atoms with Gasteiger partial charge < -0.3 is 14.5 Å². The summed E-state index contributed by atoms with van der Waals surface area (Å²) in [6, 6.07) is 16.8. The van der Waals surface area contributed by atoms with Crippen LogP contribution in [0, 0.1) is 0 Å². The summed E-state index contributed by atoms with van der Waals surface area (Å²) in [6.07, 6.45) is 4.20. The standard InChI is InChI=1S/C25H31N5O2/c1-32-23-10-8-21(9-11-23)27-13-15-28(16-14-27)22-6-4-12-29(18-22)25(31)19-30-17-20-5-2-3-7-24(20)26-30/h2-3,5,7-11,17,22H,4,6,12-16,18-19H2,1H3. The molecule has 1 amide bonds. The number of ether oxygens (including phenoxy) is 1. The normalized spacial score (nSPS) is 20.0. The molecule has 0 N–H and O–H groups in total. The van der Waals surface area contributed by atoms with Gasteiger partial charge in [0.05, 0.1) is 12.6 Å². The molecule has 168 valence electrons. The van der Waals surface area contributed by atoms with E-state index in [9.17, 15) is 4.79 Å². The van der Waals surface area contributed by atoms with Gasteiger partial charge in [-0.2, -0.15) is 5.10 Å². The fraction of sp³-hybridized carbons (Fsp3) is 0.440. The predicted octanol–water partition coefficient (Wildman–Crippen LogP) is 2.86. The third-order valence-corrected chi connectivity index (χ3v) is 6.78. The first-order valence-electron chi connectivity index (χ1n) is 11.5. The Kier molecular flexibility index (Phi) is 5.99. The molecular weight excluding hydrogens is 402 g/mol. The van der Waals surface area contributed by atoms with Crippen LogP contribution in [0.5, 0.6) is 5.75 Å². The van der Waals surface area contributed by atoms with Crippen molar-refractivity contribution >= 4 is 22.5 Å². The molecule has 3 aromatic rings. The molecule has 0 radical (unpaired) electrons. The molecule has 7 heteroatoms. The van der Waals surface area contributed by atoms with Gasteiger partial charge in [0.2, 0.25) is 5.91 Å². The maximum absolute atomic E-state index is 13.0. The number of aromatic nitrogens is 2. The summed E-state index contributed by atoms with van der Waals surface area (Å²) in [5.74, 6) is 1.06. The molecule has 2 fully saturated rings. The zero-order valence-corrected chi connectivity index (χ0v) is 18.7. The molecule has 5 rings (SSSR count). The first kappa shape index (κ1) is 20.8. The van der Waals surface area contributed by atoms with Gasteiger partial charge in [-0.15, -0.1) is 0 Å². The smallest absolute Gasteiger partial charge is 0.244 e. The van der Waals surface area contributed by atoms with E-state index in [0.29, 0.717) is 12.6 Å². The van der Waals surface area contributed by atoms with E-state index in [0.717, 1.165) is 68.8 Å². The number of carbonyl (C=O) groups excluding carboxylic acids is 1. The summed E-state index contributed by atoms with van der Waals surface area (Å²) in [4.78, 5) is 20.0. The number of hydrogen-bond acceptors (Lipinski definition) is 5. The third-order valence-electron chi connectivity index (χ3n) is 6.78. The number of piperidine rings is 1. The average molecular weight is 434 g/mol. The second-order valence-corrected chi connectivity index (χ2v) is 8.74. The second kappa shape index (κ2) is 9.20. The van der Waals surface area contributed by atoms with Crippen molar-refractivity contribution in [2.24, 2.45) is 0 Å². The number of anilines is 1. The van der Waals surface area contributed by atoms with Gasteiger partial charge in [0.1, 0.15) is 12.3 Å². The molecule has 32 heavy (non-hydrogen) atoms. The van der Waals surface area contributed by atoms with Crippen LogP contribution >= 0.6 is 0 Å². The van der Waals surface area contributed by atoms with Gasteiger partial charge in [0.25, 0.3) is 0 Å². The number of methoxy groups -OCH3 is 1. The largest absolute Gasteiger partial charge is 0.497 e. The Morgan fingerprint density at radius 2 is 1.81 bits per heavy atom. The minimum atomic E-state index is 0.166.